The first-order valence-electron chi connectivity index (χ1n) is 7.22. The Morgan fingerprint density at radius 2 is 1.47 bits per heavy atom. The maximum atomic E-state index is 6.26. The average molecular weight is 305 g/mol. The topological polar surface area (TPSA) is 8.88 Å². The standard InChI is InChI=1S/C15H24Cl2N2/c1-4-18(5-2)10-11-19(6-3)12-13-8-7-9-14(16)15(13)17/h7-9H,4-6,10-12H2,1-3H3/p+2. The maximum absolute atomic E-state index is 6.26. The van der Waals surface area contributed by atoms with Crippen molar-refractivity contribution < 1.29 is 9.80 Å². The predicted octanol–water partition coefficient (Wildman–Crippen LogP) is 1.32. The van der Waals surface area contributed by atoms with Crippen molar-refractivity contribution in [2.75, 3.05) is 32.7 Å². The first kappa shape index (κ1) is 16.8. The fraction of sp³-hybridized carbons (Fsp3) is 0.600. The number of halogens is 2. The smallest absolute Gasteiger partial charge is 0.127 e. The highest BCUT2D eigenvalue weighted by atomic mass is 35.5. The minimum absolute atomic E-state index is 0.656. The molecule has 0 aliphatic rings. The molecule has 0 heterocycles. The number of rotatable bonds is 8. The average Bonchev–Trinajstić information content (AvgIpc) is 2.43. The van der Waals surface area contributed by atoms with Gasteiger partial charge in [0.1, 0.15) is 19.6 Å². The fourth-order valence-corrected chi connectivity index (χ4v) is 2.69. The second-order valence-electron chi connectivity index (χ2n) is 4.95. The van der Waals surface area contributed by atoms with E-state index in [1.54, 1.807) is 9.80 Å². The van der Waals surface area contributed by atoms with E-state index in [0.717, 1.165) is 18.7 Å². The summed E-state index contributed by atoms with van der Waals surface area (Å²) in [5, 5.41) is 1.37. The Balaban J connectivity index is 2.59. The molecule has 1 rings (SSSR count). The zero-order chi connectivity index (χ0) is 14.3. The van der Waals surface area contributed by atoms with E-state index in [0.29, 0.717) is 10.0 Å². The van der Waals surface area contributed by atoms with E-state index < -0.39 is 0 Å². The summed E-state index contributed by atoms with van der Waals surface area (Å²) in [5.41, 5.74) is 1.15. The Labute approximate surface area is 127 Å². The number of hydrogen-bond donors (Lipinski definition) is 2. The van der Waals surface area contributed by atoms with E-state index in [2.05, 4.69) is 26.8 Å². The van der Waals surface area contributed by atoms with E-state index in [9.17, 15) is 0 Å². The molecule has 0 aliphatic carbocycles. The molecular weight excluding hydrogens is 279 g/mol. The lowest BCUT2D eigenvalue weighted by Gasteiger charge is -2.21. The van der Waals surface area contributed by atoms with Crippen LogP contribution in [0.5, 0.6) is 0 Å². The molecule has 19 heavy (non-hydrogen) atoms. The van der Waals surface area contributed by atoms with Crippen molar-refractivity contribution in [1.82, 2.24) is 0 Å². The summed E-state index contributed by atoms with van der Waals surface area (Å²) in [4.78, 5) is 3.21. The van der Waals surface area contributed by atoms with Crippen LogP contribution in [0.2, 0.25) is 10.0 Å². The molecule has 108 valence electrons. The number of benzene rings is 1. The highest BCUT2D eigenvalue weighted by Crippen LogP contribution is 2.24. The van der Waals surface area contributed by atoms with Gasteiger partial charge in [0.25, 0.3) is 0 Å². The van der Waals surface area contributed by atoms with Crippen LogP contribution in [0.25, 0.3) is 0 Å². The fourth-order valence-electron chi connectivity index (χ4n) is 2.30. The summed E-state index contributed by atoms with van der Waals surface area (Å²) in [6.07, 6.45) is 0. The van der Waals surface area contributed by atoms with Gasteiger partial charge < -0.3 is 9.80 Å². The molecule has 2 N–H and O–H groups in total. The van der Waals surface area contributed by atoms with Crippen LogP contribution < -0.4 is 9.80 Å². The molecule has 0 spiro atoms. The lowest BCUT2D eigenvalue weighted by atomic mass is 10.2. The monoisotopic (exact) mass is 304 g/mol. The van der Waals surface area contributed by atoms with E-state index >= 15 is 0 Å². The minimum atomic E-state index is 0.656. The normalized spacial score (nSPS) is 12.9. The van der Waals surface area contributed by atoms with Crippen LogP contribution in [0.3, 0.4) is 0 Å². The van der Waals surface area contributed by atoms with E-state index in [-0.39, 0.29) is 0 Å². The highest BCUT2D eigenvalue weighted by Gasteiger charge is 2.14. The third-order valence-corrected chi connectivity index (χ3v) is 4.66. The molecule has 0 saturated carbocycles. The van der Waals surface area contributed by atoms with Gasteiger partial charge in [0.15, 0.2) is 0 Å². The summed E-state index contributed by atoms with van der Waals surface area (Å²) in [5.74, 6) is 0. The third kappa shape index (κ3) is 5.31. The molecule has 0 amide bonds. The number of likely N-dealkylation sites (N-methyl/N-ethyl adjacent to an activating group) is 2. The van der Waals surface area contributed by atoms with Crippen LogP contribution in [0.4, 0.5) is 0 Å². The molecule has 1 aromatic carbocycles. The van der Waals surface area contributed by atoms with Crippen LogP contribution >= 0.6 is 23.2 Å². The Morgan fingerprint density at radius 3 is 2.05 bits per heavy atom. The van der Waals surface area contributed by atoms with Crippen molar-refractivity contribution in [3.8, 4) is 0 Å². The van der Waals surface area contributed by atoms with Gasteiger partial charge in [-0.25, -0.2) is 0 Å². The van der Waals surface area contributed by atoms with Crippen LogP contribution in [0.1, 0.15) is 26.3 Å². The second-order valence-corrected chi connectivity index (χ2v) is 5.74. The molecule has 0 aromatic heterocycles. The quantitative estimate of drug-likeness (QED) is 0.717. The first-order valence-corrected chi connectivity index (χ1v) is 7.97. The summed E-state index contributed by atoms with van der Waals surface area (Å²) in [7, 11) is 0. The van der Waals surface area contributed by atoms with Gasteiger partial charge in [0.2, 0.25) is 0 Å². The summed E-state index contributed by atoms with van der Waals surface area (Å²) < 4.78 is 0. The van der Waals surface area contributed by atoms with Gasteiger partial charge >= 0.3 is 0 Å². The lowest BCUT2D eigenvalue weighted by Crippen LogP contribution is -3.19. The van der Waals surface area contributed by atoms with Crippen LogP contribution in [-0.4, -0.2) is 32.7 Å². The van der Waals surface area contributed by atoms with Crippen molar-refractivity contribution in [1.29, 1.82) is 0 Å². The van der Waals surface area contributed by atoms with Crippen LogP contribution in [0, 0.1) is 0 Å². The maximum Gasteiger partial charge on any atom is 0.127 e. The molecule has 0 fully saturated rings. The van der Waals surface area contributed by atoms with Gasteiger partial charge in [0, 0.05) is 5.56 Å². The molecule has 1 unspecified atom stereocenters. The first-order chi connectivity index (χ1) is 9.12. The molecule has 1 atom stereocenters. The molecule has 2 nitrogen and oxygen atoms in total. The zero-order valence-electron chi connectivity index (χ0n) is 12.2. The number of nitrogens with one attached hydrogen (secondary N) is 2. The number of hydrogen-bond acceptors (Lipinski definition) is 0. The molecule has 0 bridgehead atoms. The van der Waals surface area contributed by atoms with Gasteiger partial charge in [-0.3, -0.25) is 0 Å². The zero-order valence-corrected chi connectivity index (χ0v) is 13.7. The van der Waals surface area contributed by atoms with Gasteiger partial charge in [-0.15, -0.1) is 0 Å². The molecular formula is C15H26Cl2N2+2. The van der Waals surface area contributed by atoms with E-state index in [1.165, 1.54) is 26.2 Å². The predicted molar refractivity (Wildman–Crippen MR) is 83.4 cm³/mol. The molecule has 0 saturated heterocycles. The molecule has 4 heteroatoms. The summed E-state index contributed by atoms with van der Waals surface area (Å²) >= 11 is 12.3. The molecule has 0 radical (unpaired) electrons. The van der Waals surface area contributed by atoms with E-state index in [1.807, 2.05) is 12.1 Å². The number of quaternary nitrogens is 2. The van der Waals surface area contributed by atoms with Crippen molar-refractivity contribution in [3.05, 3.63) is 33.8 Å². The van der Waals surface area contributed by atoms with Crippen molar-refractivity contribution in [2.24, 2.45) is 0 Å². The van der Waals surface area contributed by atoms with Crippen molar-refractivity contribution in [2.45, 2.75) is 27.3 Å². The summed E-state index contributed by atoms with van der Waals surface area (Å²) in [6, 6.07) is 5.90. The van der Waals surface area contributed by atoms with Crippen molar-refractivity contribution >= 4 is 23.2 Å². The Kier molecular flexibility index (Phi) is 7.77. The third-order valence-electron chi connectivity index (χ3n) is 3.80. The Morgan fingerprint density at radius 1 is 0.895 bits per heavy atom. The molecule has 1 aromatic rings. The van der Waals surface area contributed by atoms with Gasteiger partial charge in [-0.2, -0.15) is 0 Å². The Bertz CT molecular complexity index is 378. The van der Waals surface area contributed by atoms with Crippen LogP contribution in [0.15, 0.2) is 18.2 Å². The minimum Gasteiger partial charge on any atom is -0.331 e. The lowest BCUT2D eigenvalue weighted by molar-refractivity contribution is -0.962. The van der Waals surface area contributed by atoms with Crippen molar-refractivity contribution in [3.63, 3.8) is 0 Å². The van der Waals surface area contributed by atoms with Gasteiger partial charge in [-0.05, 0) is 26.8 Å². The highest BCUT2D eigenvalue weighted by molar-refractivity contribution is 6.42. The SMILES string of the molecule is CC[NH+](CC)CC[NH+](CC)Cc1cccc(Cl)c1Cl. The van der Waals surface area contributed by atoms with Gasteiger partial charge in [0.05, 0.1) is 29.7 Å². The Hall–Kier alpha value is -0.280. The van der Waals surface area contributed by atoms with Crippen LogP contribution in [-0.2, 0) is 6.54 Å². The van der Waals surface area contributed by atoms with E-state index in [4.69, 9.17) is 23.2 Å². The largest absolute Gasteiger partial charge is 0.331 e. The summed E-state index contributed by atoms with van der Waals surface area (Å²) in [6.45, 7) is 13.6. The molecule has 0 aliphatic heterocycles. The second kappa shape index (κ2) is 8.80. The van der Waals surface area contributed by atoms with Gasteiger partial charge in [-0.1, -0.05) is 35.3 Å².